The summed E-state index contributed by atoms with van der Waals surface area (Å²) in [4.78, 5) is 17.7. The second-order valence-electron chi connectivity index (χ2n) is 7.02. The first-order valence-corrected chi connectivity index (χ1v) is 9.63. The van der Waals surface area contributed by atoms with Crippen LogP contribution in [0.25, 0.3) is 0 Å². The number of amides is 1. The summed E-state index contributed by atoms with van der Waals surface area (Å²) in [6.07, 6.45) is 0.728. The molecule has 0 aliphatic rings. The zero-order chi connectivity index (χ0) is 22.1. The molecule has 2 rings (SSSR count). The van der Waals surface area contributed by atoms with Gasteiger partial charge >= 0.3 is 0 Å². The van der Waals surface area contributed by atoms with Gasteiger partial charge in [0, 0.05) is 20.6 Å². The van der Waals surface area contributed by atoms with Crippen LogP contribution in [0.15, 0.2) is 47.5 Å². The van der Waals surface area contributed by atoms with E-state index in [1.165, 1.54) is 11.0 Å². The molecule has 1 atom stereocenters. The Hall–Kier alpha value is -3.16. The Morgan fingerprint density at radius 1 is 1.13 bits per heavy atom. The van der Waals surface area contributed by atoms with Gasteiger partial charge in [-0.15, -0.1) is 0 Å². The number of carbonyl (C=O) groups excluding carboxylic acids is 1. The van der Waals surface area contributed by atoms with Crippen LogP contribution in [0, 0.1) is 11.6 Å². The van der Waals surface area contributed by atoms with E-state index in [-0.39, 0.29) is 18.5 Å². The number of aliphatic imine (C=N–C) groups is 1. The quantitative estimate of drug-likeness (QED) is 0.511. The number of ether oxygens (including phenoxy) is 1. The number of benzene rings is 2. The molecular formula is C22H28F2N4O2. The fourth-order valence-electron chi connectivity index (χ4n) is 2.63. The standard InChI is InChI=1S/C22H28F2N4O2/c1-15(17-7-10-19(23)20(24)13-17)27-22(26-14-21(29)28(2)3)25-12-11-16-5-8-18(30-4)9-6-16/h5-10,13,15H,11-12,14H2,1-4H3,(H2,25,26,27). The van der Waals surface area contributed by atoms with Crippen molar-refractivity contribution in [2.24, 2.45) is 4.99 Å². The smallest absolute Gasteiger partial charge is 0.243 e. The van der Waals surface area contributed by atoms with E-state index in [1.807, 2.05) is 24.3 Å². The third-order valence-corrected chi connectivity index (χ3v) is 4.53. The molecule has 6 nitrogen and oxygen atoms in total. The maximum absolute atomic E-state index is 13.6. The molecule has 0 aromatic heterocycles. The Morgan fingerprint density at radius 3 is 2.43 bits per heavy atom. The highest BCUT2D eigenvalue weighted by molar-refractivity contribution is 5.85. The lowest BCUT2D eigenvalue weighted by Gasteiger charge is -2.19. The van der Waals surface area contributed by atoms with Crippen LogP contribution in [0.3, 0.4) is 0 Å². The normalized spacial score (nSPS) is 12.3. The highest BCUT2D eigenvalue weighted by atomic mass is 19.2. The van der Waals surface area contributed by atoms with Gasteiger partial charge < -0.3 is 20.3 Å². The molecule has 0 spiro atoms. The first-order chi connectivity index (χ1) is 14.3. The Kier molecular flexibility index (Phi) is 8.58. The van der Waals surface area contributed by atoms with Crippen molar-refractivity contribution >= 4 is 11.9 Å². The lowest BCUT2D eigenvalue weighted by atomic mass is 10.1. The number of carbonyl (C=O) groups is 1. The van der Waals surface area contributed by atoms with Crippen LogP contribution >= 0.6 is 0 Å². The summed E-state index contributed by atoms with van der Waals surface area (Å²) < 4.78 is 31.9. The number of guanidine groups is 1. The topological polar surface area (TPSA) is 66.0 Å². The fraction of sp³-hybridized carbons (Fsp3) is 0.364. The van der Waals surface area contributed by atoms with Crippen molar-refractivity contribution in [2.45, 2.75) is 19.4 Å². The Balaban J connectivity index is 2.04. The highest BCUT2D eigenvalue weighted by Crippen LogP contribution is 2.16. The third-order valence-electron chi connectivity index (χ3n) is 4.53. The summed E-state index contributed by atoms with van der Waals surface area (Å²) in [5.41, 5.74) is 1.68. The molecule has 0 bridgehead atoms. The molecule has 1 unspecified atom stereocenters. The third kappa shape index (κ3) is 7.02. The number of likely N-dealkylation sites (N-methyl/N-ethyl adjacent to an activating group) is 1. The molecule has 0 aliphatic carbocycles. The second-order valence-corrected chi connectivity index (χ2v) is 7.02. The largest absolute Gasteiger partial charge is 0.497 e. The van der Waals surface area contributed by atoms with E-state index in [1.54, 1.807) is 28.1 Å². The molecule has 1 amide bonds. The number of halogens is 2. The highest BCUT2D eigenvalue weighted by Gasteiger charge is 2.12. The van der Waals surface area contributed by atoms with Gasteiger partial charge in [-0.2, -0.15) is 0 Å². The van der Waals surface area contributed by atoms with Gasteiger partial charge in [-0.3, -0.25) is 4.79 Å². The number of hydrogen-bond acceptors (Lipinski definition) is 3. The van der Waals surface area contributed by atoms with Crippen molar-refractivity contribution < 1.29 is 18.3 Å². The van der Waals surface area contributed by atoms with E-state index in [2.05, 4.69) is 15.6 Å². The zero-order valence-corrected chi connectivity index (χ0v) is 17.7. The van der Waals surface area contributed by atoms with Gasteiger partial charge in [-0.05, 0) is 48.7 Å². The van der Waals surface area contributed by atoms with E-state index in [9.17, 15) is 13.6 Å². The summed E-state index contributed by atoms with van der Waals surface area (Å²) in [5, 5.41) is 6.32. The molecule has 0 aliphatic heterocycles. The molecule has 30 heavy (non-hydrogen) atoms. The van der Waals surface area contributed by atoms with Gasteiger partial charge in [0.2, 0.25) is 5.91 Å². The molecular weight excluding hydrogens is 390 g/mol. The van der Waals surface area contributed by atoms with Crippen LogP contribution in [-0.2, 0) is 11.2 Å². The lowest BCUT2D eigenvalue weighted by Crippen LogP contribution is -2.40. The molecule has 0 heterocycles. The van der Waals surface area contributed by atoms with Crippen molar-refractivity contribution in [1.29, 1.82) is 0 Å². The summed E-state index contributed by atoms with van der Waals surface area (Å²) in [5.74, 6) is -0.746. The van der Waals surface area contributed by atoms with Gasteiger partial charge in [0.25, 0.3) is 0 Å². The first kappa shape index (κ1) is 23.1. The minimum absolute atomic E-state index is 0.0324. The lowest BCUT2D eigenvalue weighted by molar-refractivity contribution is -0.127. The van der Waals surface area contributed by atoms with Gasteiger partial charge in [-0.1, -0.05) is 18.2 Å². The minimum Gasteiger partial charge on any atom is -0.497 e. The molecule has 2 aromatic carbocycles. The van der Waals surface area contributed by atoms with E-state index < -0.39 is 11.6 Å². The van der Waals surface area contributed by atoms with Gasteiger partial charge in [0.1, 0.15) is 12.3 Å². The molecule has 2 aromatic rings. The maximum atomic E-state index is 13.6. The average molecular weight is 418 g/mol. The van der Waals surface area contributed by atoms with Crippen LogP contribution in [0.2, 0.25) is 0 Å². The van der Waals surface area contributed by atoms with E-state index in [0.717, 1.165) is 29.9 Å². The molecule has 0 radical (unpaired) electrons. The van der Waals surface area contributed by atoms with Crippen LogP contribution < -0.4 is 15.4 Å². The van der Waals surface area contributed by atoms with Gasteiger partial charge in [0.05, 0.1) is 13.2 Å². The molecule has 8 heteroatoms. The van der Waals surface area contributed by atoms with E-state index >= 15 is 0 Å². The fourth-order valence-corrected chi connectivity index (χ4v) is 2.63. The van der Waals surface area contributed by atoms with Crippen LogP contribution in [0.4, 0.5) is 8.78 Å². The molecule has 162 valence electrons. The van der Waals surface area contributed by atoms with Crippen LogP contribution in [-0.4, -0.2) is 51.1 Å². The molecule has 2 N–H and O–H groups in total. The number of rotatable bonds is 8. The van der Waals surface area contributed by atoms with Gasteiger partial charge in [-0.25, -0.2) is 13.8 Å². The summed E-state index contributed by atoms with van der Waals surface area (Å²) in [6.45, 7) is 2.34. The summed E-state index contributed by atoms with van der Waals surface area (Å²) in [6, 6.07) is 11.1. The van der Waals surface area contributed by atoms with E-state index in [0.29, 0.717) is 18.1 Å². The summed E-state index contributed by atoms with van der Waals surface area (Å²) >= 11 is 0. The van der Waals surface area contributed by atoms with Crippen LogP contribution in [0.1, 0.15) is 24.1 Å². The Bertz CT molecular complexity index is 870. The second kappa shape index (κ2) is 11.1. The van der Waals surface area contributed by atoms with Crippen molar-refractivity contribution in [2.75, 3.05) is 34.3 Å². The minimum atomic E-state index is -0.908. The zero-order valence-electron chi connectivity index (χ0n) is 17.7. The van der Waals surface area contributed by atoms with Crippen molar-refractivity contribution in [1.82, 2.24) is 15.5 Å². The van der Waals surface area contributed by atoms with E-state index in [4.69, 9.17) is 4.74 Å². The Morgan fingerprint density at radius 2 is 1.83 bits per heavy atom. The van der Waals surface area contributed by atoms with Crippen molar-refractivity contribution in [3.8, 4) is 5.75 Å². The first-order valence-electron chi connectivity index (χ1n) is 9.63. The predicted octanol–water partition coefficient (Wildman–Crippen LogP) is 2.90. The predicted molar refractivity (Wildman–Crippen MR) is 114 cm³/mol. The SMILES string of the molecule is COc1ccc(CCNC(=NCC(=O)N(C)C)NC(C)c2ccc(F)c(F)c2)cc1. The number of methoxy groups -OCH3 is 1. The average Bonchev–Trinajstić information content (AvgIpc) is 2.73. The van der Waals surface area contributed by atoms with Crippen molar-refractivity contribution in [3.63, 3.8) is 0 Å². The number of nitrogens with zero attached hydrogens (tertiary/aromatic N) is 2. The summed E-state index contributed by atoms with van der Waals surface area (Å²) in [7, 11) is 4.94. The molecule has 0 saturated heterocycles. The molecule has 0 fully saturated rings. The number of hydrogen-bond donors (Lipinski definition) is 2. The monoisotopic (exact) mass is 418 g/mol. The maximum Gasteiger partial charge on any atom is 0.243 e. The Labute approximate surface area is 175 Å². The van der Waals surface area contributed by atoms with Crippen LogP contribution in [0.5, 0.6) is 5.75 Å². The molecule has 0 saturated carbocycles. The number of nitrogens with one attached hydrogen (secondary N) is 2. The van der Waals surface area contributed by atoms with Gasteiger partial charge in [0.15, 0.2) is 17.6 Å². The van der Waals surface area contributed by atoms with Crippen molar-refractivity contribution in [3.05, 3.63) is 65.2 Å².